The predicted molar refractivity (Wildman–Crippen MR) is 77.5 cm³/mol. The van der Waals surface area contributed by atoms with Gasteiger partial charge in [-0.3, -0.25) is 4.90 Å². The van der Waals surface area contributed by atoms with E-state index < -0.39 is 17.7 Å². The molecule has 124 valence electrons. The summed E-state index contributed by atoms with van der Waals surface area (Å²) in [7, 11) is 1.82. The van der Waals surface area contributed by atoms with Gasteiger partial charge in [0, 0.05) is 26.7 Å². The molecule has 1 saturated heterocycles. The van der Waals surface area contributed by atoms with E-state index in [1.165, 1.54) is 6.07 Å². The fraction of sp³-hybridized carbons (Fsp3) is 0.467. The summed E-state index contributed by atoms with van der Waals surface area (Å²) in [5.74, 6) is -0.799. The number of morpholine rings is 1. The minimum atomic E-state index is -1.24. The number of hydrogen-bond donors (Lipinski definition) is 1. The summed E-state index contributed by atoms with van der Waals surface area (Å²) in [6.45, 7) is 1.61. The molecule has 0 saturated carbocycles. The number of halogens is 2. The Morgan fingerprint density at radius 1 is 1.39 bits per heavy atom. The minimum Gasteiger partial charge on any atom is -0.387 e. The fourth-order valence-corrected chi connectivity index (χ4v) is 2.77. The molecule has 0 aliphatic carbocycles. The van der Waals surface area contributed by atoms with Crippen molar-refractivity contribution in [3.8, 4) is 0 Å². The Morgan fingerprint density at radius 2 is 2.13 bits per heavy atom. The van der Waals surface area contributed by atoms with Gasteiger partial charge in [0.1, 0.15) is 24.1 Å². The Kier molecular flexibility index (Phi) is 4.65. The highest BCUT2D eigenvalue weighted by Crippen LogP contribution is 2.25. The third-order valence-corrected chi connectivity index (χ3v) is 3.95. The van der Waals surface area contributed by atoms with Gasteiger partial charge in [-0.05, 0) is 12.1 Å². The topological polar surface area (TPSA) is 63.4 Å². The molecule has 2 aromatic rings. The van der Waals surface area contributed by atoms with Crippen LogP contribution in [0.2, 0.25) is 0 Å². The SMILES string of the molecule is Cn1cnnc1C1CN(CC(O)c2c(F)cccc2F)CCO1. The fourth-order valence-electron chi connectivity index (χ4n) is 2.77. The predicted octanol–water partition coefficient (Wildman–Crippen LogP) is 1.20. The molecular formula is C15H18F2N4O2. The third-order valence-electron chi connectivity index (χ3n) is 3.95. The number of rotatable bonds is 4. The van der Waals surface area contributed by atoms with Crippen LogP contribution < -0.4 is 0 Å². The summed E-state index contributed by atoms with van der Waals surface area (Å²) >= 11 is 0. The van der Waals surface area contributed by atoms with Gasteiger partial charge in [-0.15, -0.1) is 10.2 Å². The van der Waals surface area contributed by atoms with Gasteiger partial charge in [-0.1, -0.05) is 6.07 Å². The van der Waals surface area contributed by atoms with Crippen molar-refractivity contribution in [2.45, 2.75) is 12.2 Å². The van der Waals surface area contributed by atoms with E-state index in [0.717, 1.165) is 12.1 Å². The second kappa shape index (κ2) is 6.69. The molecule has 0 amide bonds. The number of aryl methyl sites for hydroxylation is 1. The van der Waals surface area contributed by atoms with Crippen molar-refractivity contribution < 1.29 is 18.6 Å². The first-order chi connectivity index (χ1) is 11.1. The molecule has 1 aliphatic heterocycles. The Hall–Kier alpha value is -1.90. The number of β-amino-alcohol motifs (C(OH)–C–C–N with tert-alkyl or cyclic N) is 1. The zero-order valence-electron chi connectivity index (χ0n) is 12.7. The van der Waals surface area contributed by atoms with Gasteiger partial charge in [-0.2, -0.15) is 0 Å². The molecule has 2 atom stereocenters. The average molecular weight is 324 g/mol. The second-order valence-electron chi connectivity index (χ2n) is 5.57. The first-order valence-electron chi connectivity index (χ1n) is 7.36. The van der Waals surface area contributed by atoms with Crippen molar-refractivity contribution in [1.29, 1.82) is 0 Å². The lowest BCUT2D eigenvalue weighted by molar-refractivity contribution is -0.0479. The van der Waals surface area contributed by atoms with Crippen LogP contribution in [0, 0.1) is 11.6 Å². The highest BCUT2D eigenvalue weighted by atomic mass is 19.1. The van der Waals surface area contributed by atoms with Crippen molar-refractivity contribution in [1.82, 2.24) is 19.7 Å². The van der Waals surface area contributed by atoms with Gasteiger partial charge in [0.15, 0.2) is 5.82 Å². The van der Waals surface area contributed by atoms with Crippen LogP contribution in [0.5, 0.6) is 0 Å². The Labute approximate surface area is 132 Å². The minimum absolute atomic E-state index is 0.121. The largest absolute Gasteiger partial charge is 0.387 e. The van der Waals surface area contributed by atoms with Crippen LogP contribution >= 0.6 is 0 Å². The molecule has 1 fully saturated rings. The molecule has 1 N–H and O–H groups in total. The van der Waals surface area contributed by atoms with Crippen molar-refractivity contribution in [2.75, 3.05) is 26.2 Å². The van der Waals surface area contributed by atoms with E-state index in [4.69, 9.17) is 4.74 Å². The maximum Gasteiger partial charge on any atom is 0.163 e. The number of aliphatic hydroxyl groups excluding tert-OH is 1. The molecule has 3 rings (SSSR count). The second-order valence-corrected chi connectivity index (χ2v) is 5.57. The highest BCUT2D eigenvalue weighted by Gasteiger charge is 2.28. The number of aromatic nitrogens is 3. The summed E-state index contributed by atoms with van der Waals surface area (Å²) in [5.41, 5.74) is -0.297. The Balaban J connectivity index is 1.69. The van der Waals surface area contributed by atoms with E-state index in [0.29, 0.717) is 25.5 Å². The van der Waals surface area contributed by atoms with Crippen LogP contribution in [0.3, 0.4) is 0 Å². The van der Waals surface area contributed by atoms with Crippen molar-refractivity contribution in [3.63, 3.8) is 0 Å². The maximum atomic E-state index is 13.7. The number of hydrogen-bond acceptors (Lipinski definition) is 5. The molecular weight excluding hydrogens is 306 g/mol. The van der Waals surface area contributed by atoms with Crippen LogP contribution in [-0.2, 0) is 11.8 Å². The van der Waals surface area contributed by atoms with Gasteiger partial charge in [-0.25, -0.2) is 8.78 Å². The van der Waals surface area contributed by atoms with Gasteiger partial charge in [0.2, 0.25) is 0 Å². The van der Waals surface area contributed by atoms with E-state index in [-0.39, 0.29) is 18.2 Å². The van der Waals surface area contributed by atoms with Crippen molar-refractivity contribution in [2.24, 2.45) is 7.05 Å². The Bertz CT molecular complexity index is 659. The maximum absolute atomic E-state index is 13.7. The molecule has 0 spiro atoms. The molecule has 1 aliphatic rings. The molecule has 6 nitrogen and oxygen atoms in total. The summed E-state index contributed by atoms with van der Waals surface area (Å²) < 4.78 is 34.9. The average Bonchev–Trinajstić information content (AvgIpc) is 2.93. The van der Waals surface area contributed by atoms with Crippen molar-refractivity contribution >= 4 is 0 Å². The first kappa shape index (κ1) is 16.0. The summed E-state index contributed by atoms with van der Waals surface area (Å²) in [6.07, 6.45) is 0.0599. The van der Waals surface area contributed by atoms with E-state index in [9.17, 15) is 13.9 Å². The van der Waals surface area contributed by atoms with E-state index >= 15 is 0 Å². The zero-order chi connectivity index (χ0) is 16.4. The molecule has 2 heterocycles. The lowest BCUT2D eigenvalue weighted by Crippen LogP contribution is -2.41. The molecule has 0 bridgehead atoms. The van der Waals surface area contributed by atoms with Crippen LogP contribution in [0.4, 0.5) is 8.78 Å². The highest BCUT2D eigenvalue weighted by molar-refractivity contribution is 5.22. The lowest BCUT2D eigenvalue weighted by Gasteiger charge is -2.33. The van der Waals surface area contributed by atoms with Gasteiger partial charge >= 0.3 is 0 Å². The lowest BCUT2D eigenvalue weighted by atomic mass is 10.1. The van der Waals surface area contributed by atoms with E-state index in [2.05, 4.69) is 10.2 Å². The van der Waals surface area contributed by atoms with Crippen molar-refractivity contribution in [3.05, 3.63) is 47.5 Å². The first-order valence-corrected chi connectivity index (χ1v) is 7.36. The third kappa shape index (κ3) is 3.39. The van der Waals surface area contributed by atoms with E-state index in [1.54, 1.807) is 10.9 Å². The number of ether oxygens (including phenoxy) is 1. The number of nitrogens with zero attached hydrogens (tertiary/aromatic N) is 4. The number of benzene rings is 1. The van der Waals surface area contributed by atoms with E-state index in [1.807, 2.05) is 11.9 Å². The van der Waals surface area contributed by atoms with Crippen LogP contribution in [0.15, 0.2) is 24.5 Å². The quantitative estimate of drug-likeness (QED) is 0.916. The molecule has 2 unspecified atom stereocenters. The molecule has 1 aromatic carbocycles. The van der Waals surface area contributed by atoms with Crippen LogP contribution in [-0.4, -0.2) is 51.0 Å². The molecule has 1 aromatic heterocycles. The van der Waals surface area contributed by atoms with Crippen LogP contribution in [0.1, 0.15) is 23.6 Å². The van der Waals surface area contributed by atoms with Gasteiger partial charge in [0.05, 0.1) is 18.3 Å². The van der Waals surface area contributed by atoms with Crippen LogP contribution in [0.25, 0.3) is 0 Å². The summed E-state index contributed by atoms with van der Waals surface area (Å²) in [5, 5.41) is 18.0. The van der Waals surface area contributed by atoms with Gasteiger partial charge < -0.3 is 14.4 Å². The van der Waals surface area contributed by atoms with Gasteiger partial charge in [0.25, 0.3) is 0 Å². The molecule has 8 heteroatoms. The molecule has 0 radical (unpaired) electrons. The summed E-state index contributed by atoms with van der Waals surface area (Å²) in [6, 6.07) is 3.56. The monoisotopic (exact) mass is 324 g/mol. The number of aliphatic hydroxyl groups is 1. The zero-order valence-corrected chi connectivity index (χ0v) is 12.7. The smallest absolute Gasteiger partial charge is 0.163 e. The normalized spacial score (nSPS) is 20.6. The Morgan fingerprint density at radius 3 is 2.78 bits per heavy atom. The molecule has 23 heavy (non-hydrogen) atoms. The standard InChI is InChI=1S/C15H18F2N4O2/c1-20-9-18-19-15(20)13-8-21(5-6-23-13)7-12(22)14-10(16)3-2-4-11(14)17/h2-4,9,12-13,22H,5-8H2,1H3. The summed E-state index contributed by atoms with van der Waals surface area (Å²) in [4.78, 5) is 1.90.